The quantitative estimate of drug-likeness (QED) is 0.792. The van der Waals surface area contributed by atoms with Crippen LogP contribution in [0.3, 0.4) is 0 Å². The molecule has 2 rings (SSSR count). The van der Waals surface area contributed by atoms with Gasteiger partial charge in [0.2, 0.25) is 0 Å². The Bertz CT molecular complexity index is 414. The number of aryl methyl sites for hydroxylation is 1. The van der Waals surface area contributed by atoms with Gasteiger partial charge in [-0.15, -0.1) is 0 Å². The van der Waals surface area contributed by atoms with Crippen molar-refractivity contribution >= 4 is 5.91 Å². The fourth-order valence-corrected chi connectivity index (χ4v) is 1.72. The number of benzene rings is 1. The van der Waals surface area contributed by atoms with Gasteiger partial charge in [0.1, 0.15) is 5.75 Å². The van der Waals surface area contributed by atoms with Gasteiger partial charge in [0.25, 0.3) is 5.91 Å². The van der Waals surface area contributed by atoms with Crippen molar-refractivity contribution in [3.05, 3.63) is 29.3 Å². The number of hydrogen-bond acceptors (Lipinski definition) is 4. The topological polar surface area (TPSA) is 61.8 Å². The zero-order valence-corrected chi connectivity index (χ0v) is 9.77. The van der Waals surface area contributed by atoms with Crippen LogP contribution in [0.25, 0.3) is 0 Å². The van der Waals surface area contributed by atoms with E-state index in [2.05, 4.69) is 5.43 Å². The number of aromatic hydroxyl groups is 1. The molecular formula is C12H16N2O3. The summed E-state index contributed by atoms with van der Waals surface area (Å²) in [5, 5.41) is 11.6. The van der Waals surface area contributed by atoms with Gasteiger partial charge in [0, 0.05) is 13.1 Å². The number of nitrogens with zero attached hydrogens (tertiary/aromatic N) is 1. The predicted octanol–water partition coefficient (Wildman–Crippen LogP) is 0.678. The van der Waals surface area contributed by atoms with E-state index in [-0.39, 0.29) is 11.7 Å². The molecule has 0 bridgehead atoms. The summed E-state index contributed by atoms with van der Waals surface area (Å²) in [5.41, 5.74) is 3.75. The maximum absolute atomic E-state index is 11.9. The molecule has 1 heterocycles. The molecule has 0 aliphatic carbocycles. The molecule has 17 heavy (non-hydrogen) atoms. The highest BCUT2D eigenvalue weighted by atomic mass is 16.5. The third-order valence-corrected chi connectivity index (χ3v) is 2.75. The van der Waals surface area contributed by atoms with Crippen molar-refractivity contribution in [1.82, 2.24) is 10.4 Å². The second kappa shape index (κ2) is 5.16. The first-order valence-electron chi connectivity index (χ1n) is 5.61. The lowest BCUT2D eigenvalue weighted by atomic mass is 10.1. The first-order valence-corrected chi connectivity index (χ1v) is 5.61. The van der Waals surface area contributed by atoms with Gasteiger partial charge < -0.3 is 9.84 Å². The Morgan fingerprint density at radius 3 is 2.82 bits per heavy atom. The largest absolute Gasteiger partial charge is 0.507 e. The Hall–Kier alpha value is -1.59. The Labute approximate surface area is 100.0 Å². The molecule has 0 atom stereocenters. The number of phenolic OH excluding ortho intramolecular Hbond substituents is 1. The number of ether oxygens (including phenoxy) is 1. The number of carbonyl (C=O) groups excluding carboxylic acids is 1. The van der Waals surface area contributed by atoms with Gasteiger partial charge in [-0.05, 0) is 18.6 Å². The molecule has 1 saturated heterocycles. The molecule has 0 unspecified atom stereocenters. The fraction of sp³-hybridized carbons (Fsp3) is 0.417. The molecule has 1 aromatic rings. The molecule has 1 fully saturated rings. The molecule has 1 amide bonds. The number of nitrogens with one attached hydrogen (secondary N) is 1. The SMILES string of the molecule is Cc1cccc(C(=O)NN2CCOCC2)c1O. The molecule has 1 aliphatic heterocycles. The van der Waals surface area contributed by atoms with Crippen molar-refractivity contribution in [3.8, 4) is 5.75 Å². The predicted molar refractivity (Wildman–Crippen MR) is 62.7 cm³/mol. The zero-order chi connectivity index (χ0) is 12.3. The highest BCUT2D eigenvalue weighted by Gasteiger charge is 2.17. The summed E-state index contributed by atoms with van der Waals surface area (Å²) in [5.74, 6) is -0.244. The van der Waals surface area contributed by atoms with Crippen LogP contribution >= 0.6 is 0 Å². The van der Waals surface area contributed by atoms with Crippen LogP contribution in [-0.4, -0.2) is 42.3 Å². The second-order valence-electron chi connectivity index (χ2n) is 4.01. The smallest absolute Gasteiger partial charge is 0.269 e. The number of morpholine rings is 1. The van der Waals surface area contributed by atoms with Gasteiger partial charge in [-0.25, -0.2) is 5.01 Å². The van der Waals surface area contributed by atoms with E-state index in [0.717, 1.165) is 0 Å². The lowest BCUT2D eigenvalue weighted by Crippen LogP contribution is -2.48. The lowest BCUT2D eigenvalue weighted by molar-refractivity contribution is 0.0125. The summed E-state index contributed by atoms with van der Waals surface area (Å²) >= 11 is 0. The molecule has 0 spiro atoms. The summed E-state index contributed by atoms with van der Waals surface area (Å²) < 4.78 is 5.19. The van der Waals surface area contributed by atoms with Crippen molar-refractivity contribution < 1.29 is 14.6 Å². The van der Waals surface area contributed by atoms with E-state index < -0.39 is 0 Å². The van der Waals surface area contributed by atoms with Crippen LogP contribution in [0.1, 0.15) is 15.9 Å². The van der Waals surface area contributed by atoms with Crippen LogP contribution in [0.5, 0.6) is 5.75 Å². The van der Waals surface area contributed by atoms with E-state index in [4.69, 9.17) is 4.74 Å². The zero-order valence-electron chi connectivity index (χ0n) is 9.77. The summed E-state index contributed by atoms with van der Waals surface area (Å²) in [6.07, 6.45) is 0. The highest BCUT2D eigenvalue weighted by molar-refractivity contribution is 5.96. The van der Waals surface area contributed by atoms with E-state index in [1.807, 2.05) is 0 Å². The molecule has 0 radical (unpaired) electrons. The summed E-state index contributed by atoms with van der Waals surface area (Å²) in [6.45, 7) is 4.32. The minimum atomic E-state index is -0.284. The van der Waals surface area contributed by atoms with E-state index in [1.165, 1.54) is 0 Å². The van der Waals surface area contributed by atoms with E-state index >= 15 is 0 Å². The summed E-state index contributed by atoms with van der Waals surface area (Å²) in [6, 6.07) is 5.13. The van der Waals surface area contributed by atoms with Crippen LogP contribution in [0.4, 0.5) is 0 Å². The van der Waals surface area contributed by atoms with Crippen LogP contribution in [0.2, 0.25) is 0 Å². The van der Waals surface area contributed by atoms with E-state index in [1.54, 1.807) is 30.1 Å². The number of amides is 1. The second-order valence-corrected chi connectivity index (χ2v) is 4.01. The fourth-order valence-electron chi connectivity index (χ4n) is 1.72. The Balaban J connectivity index is 2.06. The third kappa shape index (κ3) is 2.75. The molecular weight excluding hydrogens is 220 g/mol. The van der Waals surface area contributed by atoms with Crippen molar-refractivity contribution in [2.24, 2.45) is 0 Å². The van der Waals surface area contributed by atoms with Gasteiger partial charge in [-0.2, -0.15) is 0 Å². The van der Waals surface area contributed by atoms with Crippen molar-refractivity contribution in [2.45, 2.75) is 6.92 Å². The molecule has 0 aromatic heterocycles. The summed E-state index contributed by atoms with van der Waals surface area (Å²) in [4.78, 5) is 11.9. The molecule has 1 aliphatic rings. The Morgan fingerprint density at radius 2 is 2.12 bits per heavy atom. The molecule has 2 N–H and O–H groups in total. The Morgan fingerprint density at radius 1 is 1.41 bits per heavy atom. The van der Waals surface area contributed by atoms with E-state index in [9.17, 15) is 9.90 Å². The van der Waals surface area contributed by atoms with Gasteiger partial charge in [0.15, 0.2) is 0 Å². The normalized spacial score (nSPS) is 16.8. The number of para-hydroxylation sites is 1. The van der Waals surface area contributed by atoms with Gasteiger partial charge in [-0.1, -0.05) is 12.1 Å². The number of phenols is 1. The first-order chi connectivity index (χ1) is 8.18. The van der Waals surface area contributed by atoms with Crippen LogP contribution in [0, 0.1) is 6.92 Å². The Kier molecular flexibility index (Phi) is 3.61. The van der Waals surface area contributed by atoms with Crippen LogP contribution < -0.4 is 5.43 Å². The minimum Gasteiger partial charge on any atom is -0.507 e. The van der Waals surface area contributed by atoms with Crippen molar-refractivity contribution in [1.29, 1.82) is 0 Å². The van der Waals surface area contributed by atoms with Gasteiger partial charge in [0.05, 0.1) is 18.8 Å². The lowest BCUT2D eigenvalue weighted by Gasteiger charge is -2.27. The molecule has 92 valence electrons. The molecule has 0 saturated carbocycles. The molecule has 1 aromatic carbocycles. The van der Waals surface area contributed by atoms with Gasteiger partial charge >= 0.3 is 0 Å². The van der Waals surface area contributed by atoms with Gasteiger partial charge in [-0.3, -0.25) is 10.2 Å². The number of carbonyl (C=O) groups is 1. The van der Waals surface area contributed by atoms with Crippen LogP contribution in [0.15, 0.2) is 18.2 Å². The average molecular weight is 236 g/mol. The molecule has 5 heteroatoms. The third-order valence-electron chi connectivity index (χ3n) is 2.75. The first kappa shape index (κ1) is 11.9. The average Bonchev–Trinajstić information content (AvgIpc) is 2.34. The number of hydrazine groups is 1. The number of hydrogen-bond donors (Lipinski definition) is 2. The van der Waals surface area contributed by atoms with Crippen molar-refractivity contribution in [3.63, 3.8) is 0 Å². The van der Waals surface area contributed by atoms with Crippen molar-refractivity contribution in [2.75, 3.05) is 26.3 Å². The minimum absolute atomic E-state index is 0.0401. The van der Waals surface area contributed by atoms with E-state index in [0.29, 0.717) is 37.4 Å². The maximum Gasteiger partial charge on any atom is 0.269 e. The standard InChI is InChI=1S/C12H16N2O3/c1-9-3-2-4-10(11(9)15)12(16)13-14-5-7-17-8-6-14/h2-4,15H,5-8H2,1H3,(H,13,16). The molecule has 5 nitrogen and oxygen atoms in total. The maximum atomic E-state index is 11.9. The number of rotatable bonds is 2. The van der Waals surface area contributed by atoms with Crippen LogP contribution in [-0.2, 0) is 4.74 Å². The monoisotopic (exact) mass is 236 g/mol. The highest BCUT2D eigenvalue weighted by Crippen LogP contribution is 2.21. The summed E-state index contributed by atoms with van der Waals surface area (Å²) in [7, 11) is 0.